The zero-order valence-electron chi connectivity index (χ0n) is 10.1. The smallest absolute Gasteiger partial charge is 0.267 e. The number of hydrogen-bond donors (Lipinski definition) is 0. The molecule has 2 heterocycles. The zero-order valence-corrected chi connectivity index (χ0v) is 10.1. The van der Waals surface area contributed by atoms with E-state index in [1.165, 1.54) is 10.7 Å². The largest absolute Gasteiger partial charge is 0.356 e. The number of aromatic nitrogens is 3. The quantitative estimate of drug-likeness (QED) is 0.715. The van der Waals surface area contributed by atoms with E-state index in [0.717, 1.165) is 5.56 Å². The van der Waals surface area contributed by atoms with Crippen LogP contribution in [0.25, 0.3) is 11.3 Å². The Morgan fingerprint density at radius 1 is 1.11 bits per heavy atom. The van der Waals surface area contributed by atoms with Crippen molar-refractivity contribution >= 4 is 0 Å². The van der Waals surface area contributed by atoms with E-state index in [4.69, 9.17) is 4.52 Å². The van der Waals surface area contributed by atoms with Crippen molar-refractivity contribution in [3.63, 3.8) is 0 Å². The summed E-state index contributed by atoms with van der Waals surface area (Å²) in [6.45, 7) is 0.302. The monoisotopic (exact) mass is 253 g/mol. The fourth-order valence-electron chi connectivity index (χ4n) is 1.78. The van der Waals surface area contributed by atoms with Crippen LogP contribution in [0.1, 0.15) is 5.69 Å². The predicted molar refractivity (Wildman–Crippen MR) is 69.5 cm³/mol. The van der Waals surface area contributed by atoms with Crippen molar-refractivity contribution in [1.82, 2.24) is 14.9 Å². The van der Waals surface area contributed by atoms with Crippen molar-refractivity contribution in [3.8, 4) is 11.3 Å². The maximum atomic E-state index is 11.5. The van der Waals surface area contributed by atoms with Gasteiger partial charge in [-0.25, -0.2) is 4.68 Å². The average molecular weight is 253 g/mol. The predicted octanol–water partition coefficient (Wildman–Crippen LogP) is 1.95. The molecule has 3 rings (SSSR count). The highest BCUT2D eigenvalue weighted by molar-refractivity contribution is 5.56. The van der Waals surface area contributed by atoms with Gasteiger partial charge in [-0.15, -0.1) is 0 Å². The van der Waals surface area contributed by atoms with Gasteiger partial charge in [-0.05, 0) is 6.07 Å². The zero-order chi connectivity index (χ0) is 13.1. The molecular weight excluding hydrogens is 242 g/mol. The topological polar surface area (TPSA) is 60.9 Å². The summed E-state index contributed by atoms with van der Waals surface area (Å²) in [5.41, 5.74) is 1.46. The summed E-state index contributed by atoms with van der Waals surface area (Å²) in [6, 6.07) is 14.6. The summed E-state index contributed by atoms with van der Waals surface area (Å²) in [7, 11) is 0. The second-order valence-electron chi connectivity index (χ2n) is 4.07. The third-order valence-electron chi connectivity index (χ3n) is 2.71. The Balaban J connectivity index is 1.87. The summed E-state index contributed by atoms with van der Waals surface area (Å²) in [6.07, 6.45) is 1.57. The van der Waals surface area contributed by atoms with E-state index >= 15 is 0 Å². The number of hydrogen-bond acceptors (Lipinski definition) is 4. The molecule has 94 valence electrons. The molecule has 0 aliphatic heterocycles. The van der Waals surface area contributed by atoms with E-state index < -0.39 is 0 Å². The molecule has 0 saturated carbocycles. The van der Waals surface area contributed by atoms with Crippen LogP contribution in [0.2, 0.25) is 0 Å². The summed E-state index contributed by atoms with van der Waals surface area (Å²) >= 11 is 0. The molecule has 0 atom stereocenters. The van der Waals surface area contributed by atoms with Crippen molar-refractivity contribution in [2.24, 2.45) is 0 Å². The van der Waals surface area contributed by atoms with Gasteiger partial charge in [0.1, 0.15) is 5.69 Å². The summed E-state index contributed by atoms with van der Waals surface area (Å²) in [5.74, 6) is 0.680. The standard InChI is InChI=1S/C14H11N3O2/c18-14-7-4-8-15-17(14)10-12-9-13(19-16-12)11-5-2-1-3-6-11/h1-9H,10H2. The lowest BCUT2D eigenvalue weighted by molar-refractivity contribution is 0.418. The molecule has 1 aromatic carbocycles. The SMILES string of the molecule is O=c1cccnn1Cc1cc(-c2ccccc2)on1. The fraction of sp³-hybridized carbons (Fsp3) is 0.0714. The maximum absolute atomic E-state index is 11.5. The number of benzene rings is 1. The first kappa shape index (κ1) is 11.4. The Hall–Kier alpha value is -2.69. The van der Waals surface area contributed by atoms with E-state index in [2.05, 4.69) is 10.3 Å². The highest BCUT2D eigenvalue weighted by Gasteiger charge is 2.07. The molecule has 0 radical (unpaired) electrons. The molecule has 2 aromatic heterocycles. The van der Waals surface area contributed by atoms with E-state index in [9.17, 15) is 4.79 Å². The lowest BCUT2D eigenvalue weighted by Gasteiger charge is -1.98. The van der Waals surface area contributed by atoms with Gasteiger partial charge in [0.15, 0.2) is 5.76 Å². The van der Waals surface area contributed by atoms with Gasteiger partial charge in [-0.1, -0.05) is 35.5 Å². The highest BCUT2D eigenvalue weighted by Crippen LogP contribution is 2.19. The van der Waals surface area contributed by atoms with Crippen LogP contribution in [-0.4, -0.2) is 14.9 Å². The van der Waals surface area contributed by atoms with Crippen molar-refractivity contribution in [1.29, 1.82) is 0 Å². The Kier molecular flexibility index (Phi) is 2.94. The molecule has 0 spiro atoms. The van der Waals surface area contributed by atoms with Crippen LogP contribution in [0.3, 0.4) is 0 Å². The lowest BCUT2D eigenvalue weighted by Crippen LogP contribution is -2.21. The maximum Gasteiger partial charge on any atom is 0.267 e. The second-order valence-corrected chi connectivity index (χ2v) is 4.07. The van der Waals surface area contributed by atoms with Crippen molar-refractivity contribution in [2.75, 3.05) is 0 Å². The van der Waals surface area contributed by atoms with Gasteiger partial charge in [-0.3, -0.25) is 4.79 Å². The molecule has 0 N–H and O–H groups in total. The lowest BCUT2D eigenvalue weighted by atomic mass is 10.2. The highest BCUT2D eigenvalue weighted by atomic mass is 16.5. The Labute approximate surface area is 109 Å². The first-order valence-electron chi connectivity index (χ1n) is 5.86. The van der Waals surface area contributed by atoms with Gasteiger partial charge in [0, 0.05) is 23.9 Å². The minimum atomic E-state index is -0.160. The first-order chi connectivity index (χ1) is 9.33. The van der Waals surface area contributed by atoms with Gasteiger partial charge in [0.05, 0.1) is 6.54 Å². The molecule has 0 fully saturated rings. The fourth-order valence-corrected chi connectivity index (χ4v) is 1.78. The van der Waals surface area contributed by atoms with Gasteiger partial charge >= 0.3 is 0 Å². The number of nitrogens with zero attached hydrogens (tertiary/aromatic N) is 3. The van der Waals surface area contributed by atoms with Crippen LogP contribution in [-0.2, 0) is 6.54 Å². The van der Waals surface area contributed by atoms with Crippen LogP contribution >= 0.6 is 0 Å². The normalized spacial score (nSPS) is 10.5. The first-order valence-corrected chi connectivity index (χ1v) is 5.86. The molecule has 0 aliphatic carbocycles. The number of rotatable bonds is 3. The van der Waals surface area contributed by atoms with E-state index in [0.29, 0.717) is 18.0 Å². The van der Waals surface area contributed by atoms with Gasteiger partial charge < -0.3 is 4.52 Å². The minimum Gasteiger partial charge on any atom is -0.356 e. The molecule has 0 unspecified atom stereocenters. The molecule has 5 nitrogen and oxygen atoms in total. The average Bonchev–Trinajstić information content (AvgIpc) is 2.91. The van der Waals surface area contributed by atoms with Crippen LogP contribution in [0, 0.1) is 0 Å². The Morgan fingerprint density at radius 3 is 2.74 bits per heavy atom. The van der Waals surface area contributed by atoms with Crippen molar-refractivity contribution in [2.45, 2.75) is 6.54 Å². The molecule has 3 aromatic rings. The molecule has 5 heteroatoms. The summed E-state index contributed by atoms with van der Waals surface area (Å²) in [4.78, 5) is 11.5. The van der Waals surface area contributed by atoms with Crippen molar-refractivity contribution < 1.29 is 4.52 Å². The third-order valence-corrected chi connectivity index (χ3v) is 2.71. The molecule has 0 amide bonds. The van der Waals surface area contributed by atoms with Gasteiger partial charge in [-0.2, -0.15) is 5.10 Å². The molecular formula is C14H11N3O2. The van der Waals surface area contributed by atoms with Gasteiger partial charge in [0.25, 0.3) is 5.56 Å². The van der Waals surface area contributed by atoms with E-state index in [1.54, 1.807) is 12.3 Å². The molecule has 0 bridgehead atoms. The summed E-state index contributed by atoms with van der Waals surface area (Å²) in [5, 5.41) is 7.93. The van der Waals surface area contributed by atoms with Gasteiger partial charge in [0.2, 0.25) is 0 Å². The van der Waals surface area contributed by atoms with Crippen LogP contribution in [0.5, 0.6) is 0 Å². The Morgan fingerprint density at radius 2 is 1.95 bits per heavy atom. The van der Waals surface area contributed by atoms with Crippen LogP contribution in [0.4, 0.5) is 0 Å². The minimum absolute atomic E-state index is 0.160. The molecule has 0 saturated heterocycles. The third kappa shape index (κ3) is 2.44. The second kappa shape index (κ2) is 4.89. The molecule has 0 aliphatic rings. The van der Waals surface area contributed by atoms with Crippen molar-refractivity contribution in [3.05, 3.63) is 70.8 Å². The van der Waals surface area contributed by atoms with Crippen LogP contribution < -0.4 is 5.56 Å². The summed E-state index contributed by atoms with van der Waals surface area (Å²) < 4.78 is 6.61. The van der Waals surface area contributed by atoms with E-state index in [1.807, 2.05) is 36.4 Å². The Bertz CT molecular complexity index is 731. The van der Waals surface area contributed by atoms with E-state index in [-0.39, 0.29) is 5.56 Å². The van der Waals surface area contributed by atoms with Crippen LogP contribution in [0.15, 0.2) is 64.0 Å². The molecule has 19 heavy (non-hydrogen) atoms.